The van der Waals surface area contributed by atoms with Crippen molar-refractivity contribution in [1.29, 1.82) is 0 Å². The molecule has 0 spiro atoms. The number of nitrogens with one attached hydrogen (secondary N) is 1. The normalized spacial score (nSPS) is 28.6. The van der Waals surface area contributed by atoms with Crippen molar-refractivity contribution in [3.8, 4) is 0 Å². The van der Waals surface area contributed by atoms with Crippen molar-refractivity contribution < 1.29 is 0 Å². The molecule has 2 atom stereocenters. The summed E-state index contributed by atoms with van der Waals surface area (Å²) in [5.74, 6) is 0.866. The quantitative estimate of drug-likeness (QED) is 0.870. The van der Waals surface area contributed by atoms with Gasteiger partial charge >= 0.3 is 0 Å². The molecular weight excluding hydrogens is 250 g/mol. The minimum absolute atomic E-state index is 0.402. The van der Waals surface area contributed by atoms with Gasteiger partial charge < -0.3 is 16.0 Å². The van der Waals surface area contributed by atoms with E-state index in [9.17, 15) is 0 Å². The molecule has 3 rings (SSSR count). The number of hydrogen-bond donors (Lipinski definition) is 2. The molecular formula is C15H25N5. The van der Waals surface area contributed by atoms with Crippen LogP contribution in [-0.4, -0.2) is 41.2 Å². The number of rotatable bonds is 3. The lowest BCUT2D eigenvalue weighted by molar-refractivity contribution is 0.289. The van der Waals surface area contributed by atoms with Crippen molar-refractivity contribution in [3.63, 3.8) is 0 Å². The molecule has 2 unspecified atom stereocenters. The second-order valence-corrected chi connectivity index (χ2v) is 6.10. The highest BCUT2D eigenvalue weighted by Gasteiger charge is 2.25. The van der Waals surface area contributed by atoms with Gasteiger partial charge in [0.2, 0.25) is 5.95 Å². The third kappa shape index (κ3) is 3.46. The van der Waals surface area contributed by atoms with Gasteiger partial charge in [0.25, 0.3) is 0 Å². The number of aromatic nitrogens is 2. The molecule has 20 heavy (non-hydrogen) atoms. The van der Waals surface area contributed by atoms with Gasteiger partial charge in [-0.05, 0) is 38.2 Å². The van der Waals surface area contributed by atoms with E-state index in [-0.39, 0.29) is 0 Å². The molecule has 1 aliphatic heterocycles. The van der Waals surface area contributed by atoms with Crippen LogP contribution in [0.15, 0.2) is 18.5 Å². The van der Waals surface area contributed by atoms with Crippen LogP contribution < -0.4 is 16.0 Å². The van der Waals surface area contributed by atoms with E-state index in [1.54, 1.807) is 0 Å². The maximum Gasteiger partial charge on any atom is 0.225 e. The second kappa shape index (κ2) is 6.50. The molecule has 1 saturated carbocycles. The van der Waals surface area contributed by atoms with Gasteiger partial charge in [0.05, 0.1) is 0 Å². The van der Waals surface area contributed by atoms with E-state index in [0.29, 0.717) is 18.1 Å². The molecule has 1 aromatic rings. The standard InChI is InChI=1S/C15H25N5/c16-12-3-1-4-14(11-12)19-13-5-9-20(10-6-13)15-17-7-2-8-18-15/h2,7-8,12-14,19H,1,3-6,9-11,16H2. The van der Waals surface area contributed by atoms with E-state index < -0.39 is 0 Å². The Morgan fingerprint density at radius 2 is 1.80 bits per heavy atom. The van der Waals surface area contributed by atoms with Crippen molar-refractivity contribution in [2.45, 2.75) is 56.7 Å². The molecule has 0 radical (unpaired) electrons. The molecule has 2 heterocycles. The van der Waals surface area contributed by atoms with E-state index >= 15 is 0 Å². The average Bonchev–Trinajstić information content (AvgIpc) is 2.49. The van der Waals surface area contributed by atoms with Crippen LogP contribution in [0.2, 0.25) is 0 Å². The molecule has 2 aliphatic rings. The first-order chi connectivity index (χ1) is 9.81. The SMILES string of the molecule is NC1CCCC(NC2CCN(c3ncccn3)CC2)C1. The lowest BCUT2D eigenvalue weighted by Gasteiger charge is -2.36. The van der Waals surface area contributed by atoms with Crippen LogP contribution in [0.25, 0.3) is 0 Å². The third-order valence-corrected chi connectivity index (χ3v) is 4.52. The van der Waals surface area contributed by atoms with E-state index in [4.69, 9.17) is 5.73 Å². The Balaban J connectivity index is 1.46. The molecule has 1 aromatic heterocycles. The zero-order chi connectivity index (χ0) is 13.8. The number of piperidine rings is 1. The average molecular weight is 275 g/mol. The fourth-order valence-electron chi connectivity index (χ4n) is 3.41. The minimum Gasteiger partial charge on any atom is -0.341 e. The maximum absolute atomic E-state index is 6.06. The van der Waals surface area contributed by atoms with Crippen LogP contribution in [0.3, 0.4) is 0 Å². The summed E-state index contributed by atoms with van der Waals surface area (Å²) in [6, 6.07) is 3.53. The monoisotopic (exact) mass is 275 g/mol. The Hall–Kier alpha value is -1.20. The lowest BCUT2D eigenvalue weighted by atomic mass is 9.90. The number of nitrogens with zero attached hydrogens (tertiary/aromatic N) is 3. The molecule has 110 valence electrons. The Morgan fingerprint density at radius 3 is 2.50 bits per heavy atom. The van der Waals surface area contributed by atoms with Gasteiger partial charge in [0, 0.05) is 43.6 Å². The van der Waals surface area contributed by atoms with Crippen LogP contribution in [0.1, 0.15) is 38.5 Å². The van der Waals surface area contributed by atoms with E-state index in [1.165, 1.54) is 32.1 Å². The molecule has 0 bridgehead atoms. The van der Waals surface area contributed by atoms with Crippen molar-refractivity contribution in [2.75, 3.05) is 18.0 Å². The Kier molecular flexibility index (Phi) is 4.47. The summed E-state index contributed by atoms with van der Waals surface area (Å²) < 4.78 is 0. The minimum atomic E-state index is 0.402. The number of hydrogen-bond acceptors (Lipinski definition) is 5. The Labute approximate surface area is 121 Å². The molecule has 1 aliphatic carbocycles. The third-order valence-electron chi connectivity index (χ3n) is 4.52. The van der Waals surface area contributed by atoms with Crippen LogP contribution in [0.4, 0.5) is 5.95 Å². The lowest BCUT2D eigenvalue weighted by Crippen LogP contribution is -2.49. The van der Waals surface area contributed by atoms with Gasteiger partial charge in [0.1, 0.15) is 0 Å². The fourth-order valence-corrected chi connectivity index (χ4v) is 3.41. The van der Waals surface area contributed by atoms with E-state index in [0.717, 1.165) is 25.5 Å². The summed E-state index contributed by atoms with van der Waals surface area (Å²) in [6.07, 6.45) is 10.9. The van der Waals surface area contributed by atoms with Crippen LogP contribution in [0, 0.1) is 0 Å². The van der Waals surface area contributed by atoms with E-state index in [1.807, 2.05) is 18.5 Å². The summed E-state index contributed by atoms with van der Waals surface area (Å²) in [7, 11) is 0. The summed E-state index contributed by atoms with van der Waals surface area (Å²) in [5, 5.41) is 3.81. The highest BCUT2D eigenvalue weighted by atomic mass is 15.3. The van der Waals surface area contributed by atoms with Gasteiger partial charge in [0.15, 0.2) is 0 Å². The predicted octanol–water partition coefficient (Wildman–Crippen LogP) is 1.30. The van der Waals surface area contributed by atoms with Crippen molar-refractivity contribution >= 4 is 5.95 Å². The van der Waals surface area contributed by atoms with Gasteiger partial charge in [-0.2, -0.15) is 0 Å². The summed E-state index contributed by atoms with van der Waals surface area (Å²) in [5.41, 5.74) is 6.06. The zero-order valence-corrected chi connectivity index (χ0v) is 12.0. The zero-order valence-electron chi connectivity index (χ0n) is 12.0. The smallest absolute Gasteiger partial charge is 0.225 e. The summed E-state index contributed by atoms with van der Waals surface area (Å²) >= 11 is 0. The van der Waals surface area contributed by atoms with Crippen molar-refractivity contribution in [1.82, 2.24) is 15.3 Å². The first kappa shape index (κ1) is 13.8. The van der Waals surface area contributed by atoms with Crippen molar-refractivity contribution in [2.24, 2.45) is 5.73 Å². The van der Waals surface area contributed by atoms with Gasteiger partial charge in [-0.25, -0.2) is 9.97 Å². The largest absolute Gasteiger partial charge is 0.341 e. The Morgan fingerprint density at radius 1 is 1.05 bits per heavy atom. The molecule has 5 nitrogen and oxygen atoms in total. The molecule has 5 heteroatoms. The van der Waals surface area contributed by atoms with E-state index in [2.05, 4.69) is 20.2 Å². The molecule has 0 aromatic carbocycles. The van der Waals surface area contributed by atoms with Gasteiger partial charge in [-0.3, -0.25) is 0 Å². The highest BCUT2D eigenvalue weighted by molar-refractivity contribution is 5.29. The van der Waals surface area contributed by atoms with Crippen molar-refractivity contribution in [3.05, 3.63) is 18.5 Å². The molecule has 1 saturated heterocycles. The number of anilines is 1. The van der Waals surface area contributed by atoms with Gasteiger partial charge in [-0.15, -0.1) is 0 Å². The van der Waals surface area contributed by atoms with Crippen LogP contribution in [0.5, 0.6) is 0 Å². The maximum atomic E-state index is 6.06. The number of nitrogens with two attached hydrogens (primary N) is 1. The predicted molar refractivity (Wildman–Crippen MR) is 80.6 cm³/mol. The first-order valence-corrected chi connectivity index (χ1v) is 7.85. The summed E-state index contributed by atoms with van der Waals surface area (Å²) in [6.45, 7) is 2.08. The first-order valence-electron chi connectivity index (χ1n) is 7.85. The second-order valence-electron chi connectivity index (χ2n) is 6.10. The molecule has 0 amide bonds. The fraction of sp³-hybridized carbons (Fsp3) is 0.733. The summed E-state index contributed by atoms with van der Waals surface area (Å²) in [4.78, 5) is 10.9. The van der Waals surface area contributed by atoms with Gasteiger partial charge in [-0.1, -0.05) is 6.42 Å². The Bertz CT molecular complexity index is 402. The molecule has 2 fully saturated rings. The van der Waals surface area contributed by atoms with Crippen LogP contribution >= 0.6 is 0 Å². The highest BCUT2D eigenvalue weighted by Crippen LogP contribution is 2.20. The van der Waals surface area contributed by atoms with Crippen LogP contribution in [-0.2, 0) is 0 Å². The topological polar surface area (TPSA) is 67.1 Å². The molecule has 3 N–H and O–H groups in total.